The van der Waals surface area contributed by atoms with Gasteiger partial charge in [-0.05, 0) is 31.2 Å². The third-order valence-corrected chi connectivity index (χ3v) is 6.75. The van der Waals surface area contributed by atoms with Gasteiger partial charge in [0.25, 0.3) is 0 Å². The van der Waals surface area contributed by atoms with Gasteiger partial charge in [-0.2, -0.15) is 5.10 Å². The zero-order valence-corrected chi connectivity index (χ0v) is 22.2. The molecule has 0 aliphatic carbocycles. The van der Waals surface area contributed by atoms with Gasteiger partial charge in [-0.25, -0.2) is 9.67 Å². The first-order chi connectivity index (χ1) is 17.2. The van der Waals surface area contributed by atoms with E-state index < -0.39 is 12.1 Å². The Morgan fingerprint density at radius 2 is 1.81 bits per heavy atom. The number of rotatable bonds is 5. The molecule has 2 N–H and O–H groups in total. The number of amides is 3. The Kier molecular flexibility index (Phi) is 9.61. The lowest BCUT2D eigenvalue weighted by molar-refractivity contribution is -0.135. The van der Waals surface area contributed by atoms with Gasteiger partial charge in [-0.1, -0.05) is 64.4 Å². The summed E-state index contributed by atoms with van der Waals surface area (Å²) in [5.74, 6) is 0.714. The highest BCUT2D eigenvalue weighted by Crippen LogP contribution is 2.20. The first-order valence-electron chi connectivity index (χ1n) is 13.0. The SMILES string of the molecule is CC[C@H](C)[C@@H]1NC(=O)CCCN(C(=O)C(C)C)CCn2nc(C)nc2[C@H](Cc2ccccc2)NC1=O. The molecule has 0 saturated carbocycles. The van der Waals surface area contributed by atoms with E-state index >= 15 is 0 Å². The molecular weight excluding hydrogens is 456 g/mol. The quantitative estimate of drug-likeness (QED) is 0.662. The average Bonchev–Trinajstić information content (AvgIpc) is 3.23. The van der Waals surface area contributed by atoms with E-state index in [2.05, 4.69) is 20.7 Å². The molecule has 1 aliphatic heterocycles. The average molecular weight is 497 g/mol. The summed E-state index contributed by atoms with van der Waals surface area (Å²) in [6.45, 7) is 10.9. The molecule has 9 heteroatoms. The molecule has 0 spiro atoms. The van der Waals surface area contributed by atoms with Crippen molar-refractivity contribution in [3.63, 3.8) is 0 Å². The Labute approximate surface area is 214 Å². The molecule has 36 heavy (non-hydrogen) atoms. The van der Waals surface area contributed by atoms with E-state index in [0.29, 0.717) is 44.1 Å². The summed E-state index contributed by atoms with van der Waals surface area (Å²) in [4.78, 5) is 45.7. The van der Waals surface area contributed by atoms with Gasteiger partial charge in [0, 0.05) is 25.4 Å². The summed E-state index contributed by atoms with van der Waals surface area (Å²) in [6, 6.07) is 8.82. The number of benzene rings is 1. The molecule has 3 atom stereocenters. The highest BCUT2D eigenvalue weighted by molar-refractivity contribution is 5.88. The molecule has 0 radical (unpaired) electrons. The zero-order chi connectivity index (χ0) is 26.2. The molecule has 2 aromatic rings. The number of nitrogens with zero attached hydrogens (tertiary/aromatic N) is 4. The fourth-order valence-electron chi connectivity index (χ4n) is 4.50. The number of nitrogens with one attached hydrogen (secondary N) is 2. The number of carbonyl (C=O) groups excluding carboxylic acids is 3. The van der Waals surface area contributed by atoms with Gasteiger partial charge in [0.1, 0.15) is 17.7 Å². The predicted octanol–water partition coefficient (Wildman–Crippen LogP) is 2.80. The molecule has 1 aliphatic rings. The van der Waals surface area contributed by atoms with Crippen molar-refractivity contribution in [1.29, 1.82) is 0 Å². The summed E-state index contributed by atoms with van der Waals surface area (Å²) in [7, 11) is 0. The van der Waals surface area contributed by atoms with Gasteiger partial charge in [-0.15, -0.1) is 0 Å². The number of hydrogen-bond donors (Lipinski definition) is 2. The van der Waals surface area contributed by atoms with Crippen molar-refractivity contribution in [2.75, 3.05) is 13.1 Å². The van der Waals surface area contributed by atoms with Crippen LogP contribution in [-0.2, 0) is 27.3 Å². The van der Waals surface area contributed by atoms with Crippen molar-refractivity contribution < 1.29 is 14.4 Å². The van der Waals surface area contributed by atoms with Crippen LogP contribution >= 0.6 is 0 Å². The maximum atomic E-state index is 13.5. The first kappa shape index (κ1) is 27.4. The molecular formula is C27H40N6O3. The maximum Gasteiger partial charge on any atom is 0.243 e. The van der Waals surface area contributed by atoms with E-state index in [1.165, 1.54) is 0 Å². The predicted molar refractivity (Wildman–Crippen MR) is 138 cm³/mol. The topological polar surface area (TPSA) is 109 Å². The molecule has 1 aromatic heterocycles. The first-order valence-corrected chi connectivity index (χ1v) is 13.0. The third kappa shape index (κ3) is 7.15. The van der Waals surface area contributed by atoms with Gasteiger partial charge in [0.2, 0.25) is 17.7 Å². The standard InChI is InChI=1S/C27H40N6O3/c1-6-19(4)24-26(35)29-22(17-21-11-8-7-9-12-21)25-28-20(5)31-33(25)16-15-32(27(36)18(2)3)14-10-13-23(34)30-24/h7-9,11-12,18-19,22,24H,6,10,13-17H2,1-5H3,(H,29,35)(H,30,34)/t19-,22-,24-/m0/s1. The summed E-state index contributed by atoms with van der Waals surface area (Å²) < 4.78 is 1.81. The van der Waals surface area contributed by atoms with Crippen LogP contribution in [0.1, 0.15) is 70.2 Å². The summed E-state index contributed by atoms with van der Waals surface area (Å²) in [5.41, 5.74) is 1.05. The minimum Gasteiger partial charge on any atom is -0.344 e. The van der Waals surface area contributed by atoms with Gasteiger partial charge in [-0.3, -0.25) is 14.4 Å². The van der Waals surface area contributed by atoms with E-state index in [0.717, 1.165) is 12.0 Å². The zero-order valence-electron chi connectivity index (χ0n) is 22.2. The normalized spacial score (nSPS) is 20.8. The Morgan fingerprint density at radius 3 is 2.47 bits per heavy atom. The summed E-state index contributed by atoms with van der Waals surface area (Å²) >= 11 is 0. The van der Waals surface area contributed by atoms with Crippen LogP contribution in [0.4, 0.5) is 0 Å². The Hall–Kier alpha value is -3.23. The van der Waals surface area contributed by atoms with Crippen molar-refractivity contribution in [1.82, 2.24) is 30.3 Å². The highest BCUT2D eigenvalue weighted by Gasteiger charge is 2.31. The summed E-state index contributed by atoms with van der Waals surface area (Å²) in [6.07, 6.45) is 2.05. The van der Waals surface area contributed by atoms with Gasteiger partial charge in [0.15, 0.2) is 0 Å². The molecule has 0 unspecified atom stereocenters. The third-order valence-electron chi connectivity index (χ3n) is 6.75. The van der Waals surface area contributed by atoms with E-state index in [4.69, 9.17) is 0 Å². The Morgan fingerprint density at radius 1 is 1.08 bits per heavy atom. The monoisotopic (exact) mass is 496 g/mol. The molecule has 1 aromatic carbocycles. The Balaban J connectivity index is 2.00. The van der Waals surface area contributed by atoms with Crippen LogP contribution in [0.25, 0.3) is 0 Å². The van der Waals surface area contributed by atoms with Crippen LogP contribution in [-0.4, -0.2) is 56.5 Å². The molecule has 2 heterocycles. The molecule has 9 nitrogen and oxygen atoms in total. The van der Waals surface area contributed by atoms with Crippen molar-refractivity contribution in [2.24, 2.45) is 11.8 Å². The number of fused-ring (bicyclic) bond motifs is 1. The number of aromatic nitrogens is 3. The lowest BCUT2D eigenvalue weighted by Gasteiger charge is -2.29. The van der Waals surface area contributed by atoms with Crippen molar-refractivity contribution in [3.05, 3.63) is 47.5 Å². The van der Waals surface area contributed by atoms with Crippen LogP contribution in [0.15, 0.2) is 30.3 Å². The maximum absolute atomic E-state index is 13.5. The fourth-order valence-corrected chi connectivity index (χ4v) is 4.50. The van der Waals surface area contributed by atoms with Crippen LogP contribution in [0.3, 0.4) is 0 Å². The van der Waals surface area contributed by atoms with E-state index in [1.807, 2.05) is 69.6 Å². The minimum atomic E-state index is -0.658. The van der Waals surface area contributed by atoms with Crippen LogP contribution in [0.5, 0.6) is 0 Å². The van der Waals surface area contributed by atoms with Gasteiger partial charge < -0.3 is 15.5 Å². The van der Waals surface area contributed by atoms with Gasteiger partial charge in [0.05, 0.1) is 12.6 Å². The lowest BCUT2D eigenvalue weighted by Crippen LogP contribution is -2.51. The molecule has 3 rings (SSSR count). The van der Waals surface area contributed by atoms with E-state index in [-0.39, 0.29) is 36.0 Å². The minimum absolute atomic E-state index is 0.0437. The van der Waals surface area contributed by atoms with Crippen LogP contribution in [0, 0.1) is 18.8 Å². The summed E-state index contributed by atoms with van der Waals surface area (Å²) in [5, 5.41) is 10.7. The molecule has 0 saturated heterocycles. The Bertz CT molecular complexity index is 1040. The highest BCUT2D eigenvalue weighted by atomic mass is 16.2. The fraction of sp³-hybridized carbons (Fsp3) is 0.593. The van der Waals surface area contributed by atoms with Crippen LogP contribution < -0.4 is 10.6 Å². The second-order valence-corrected chi connectivity index (χ2v) is 10.0. The molecule has 0 bridgehead atoms. The number of aryl methyl sites for hydroxylation is 1. The van der Waals surface area contributed by atoms with Crippen molar-refractivity contribution in [3.8, 4) is 0 Å². The van der Waals surface area contributed by atoms with Crippen molar-refractivity contribution >= 4 is 17.7 Å². The van der Waals surface area contributed by atoms with E-state index in [9.17, 15) is 14.4 Å². The second kappa shape index (κ2) is 12.6. The largest absolute Gasteiger partial charge is 0.344 e. The van der Waals surface area contributed by atoms with Gasteiger partial charge >= 0.3 is 0 Å². The molecule has 0 fully saturated rings. The van der Waals surface area contributed by atoms with Crippen LogP contribution in [0.2, 0.25) is 0 Å². The lowest BCUT2D eigenvalue weighted by atomic mass is 9.97. The second-order valence-electron chi connectivity index (χ2n) is 10.0. The number of carbonyl (C=O) groups is 3. The smallest absolute Gasteiger partial charge is 0.243 e. The van der Waals surface area contributed by atoms with E-state index in [1.54, 1.807) is 4.90 Å². The number of hydrogen-bond acceptors (Lipinski definition) is 5. The molecule has 3 amide bonds. The van der Waals surface area contributed by atoms with Crippen molar-refractivity contribution in [2.45, 2.75) is 78.9 Å². The molecule has 196 valence electrons.